The van der Waals surface area contributed by atoms with Crippen molar-refractivity contribution in [3.8, 4) is 11.3 Å². The lowest BCUT2D eigenvalue weighted by atomic mass is 10.1. The number of hydrogen-bond donors (Lipinski definition) is 0. The third kappa shape index (κ3) is 4.35. The van der Waals surface area contributed by atoms with E-state index in [-0.39, 0.29) is 17.5 Å². The maximum absolute atomic E-state index is 13.1. The van der Waals surface area contributed by atoms with Crippen LogP contribution in [-0.4, -0.2) is 51.0 Å². The van der Waals surface area contributed by atoms with Crippen LogP contribution in [0.4, 0.5) is 5.95 Å². The Morgan fingerprint density at radius 3 is 2.61 bits per heavy atom. The number of amides is 1. The first kappa shape index (κ1) is 20.8. The van der Waals surface area contributed by atoms with Gasteiger partial charge in [-0.3, -0.25) is 19.1 Å². The minimum Gasteiger partial charge on any atom is -0.340 e. The molecule has 0 radical (unpaired) electrons. The molecule has 3 heterocycles. The van der Waals surface area contributed by atoms with Crippen LogP contribution in [0.3, 0.4) is 0 Å². The molecule has 1 fully saturated rings. The molecule has 3 aromatic rings. The zero-order chi connectivity index (χ0) is 21.8. The number of likely N-dealkylation sites (tertiary alicyclic amines) is 1. The highest BCUT2D eigenvalue weighted by Crippen LogP contribution is 2.24. The van der Waals surface area contributed by atoms with E-state index < -0.39 is 0 Å². The van der Waals surface area contributed by atoms with E-state index in [1.165, 1.54) is 0 Å². The normalized spacial score (nSPS) is 15.8. The van der Waals surface area contributed by atoms with Gasteiger partial charge >= 0.3 is 0 Å². The molecule has 0 saturated carbocycles. The summed E-state index contributed by atoms with van der Waals surface area (Å²) in [6.45, 7) is 4.11. The van der Waals surface area contributed by atoms with E-state index in [1.807, 2.05) is 54.3 Å². The van der Waals surface area contributed by atoms with Crippen molar-refractivity contribution in [3.05, 3.63) is 76.8 Å². The smallest absolute Gasteiger partial charge is 0.255 e. The first-order chi connectivity index (χ1) is 15.1. The highest BCUT2D eigenvalue weighted by molar-refractivity contribution is 5.94. The topological polar surface area (TPSA) is 71.3 Å². The molecule has 0 bridgehead atoms. The van der Waals surface area contributed by atoms with Crippen molar-refractivity contribution in [1.82, 2.24) is 19.4 Å². The largest absolute Gasteiger partial charge is 0.340 e. The van der Waals surface area contributed by atoms with Gasteiger partial charge in [0, 0.05) is 62.3 Å². The van der Waals surface area contributed by atoms with Crippen molar-refractivity contribution in [2.24, 2.45) is 7.05 Å². The van der Waals surface area contributed by atoms with Crippen LogP contribution in [0, 0.1) is 0 Å². The van der Waals surface area contributed by atoms with Crippen molar-refractivity contribution in [3.63, 3.8) is 0 Å². The van der Waals surface area contributed by atoms with Crippen LogP contribution in [0.25, 0.3) is 11.3 Å². The van der Waals surface area contributed by atoms with Crippen LogP contribution in [0.2, 0.25) is 0 Å². The summed E-state index contributed by atoms with van der Waals surface area (Å²) in [6.07, 6.45) is 5.30. The monoisotopic (exact) mass is 417 g/mol. The fourth-order valence-corrected chi connectivity index (χ4v) is 4.13. The Kier molecular flexibility index (Phi) is 6.11. The van der Waals surface area contributed by atoms with Gasteiger partial charge in [0.1, 0.15) is 0 Å². The molecular formula is C24H27N5O2. The van der Waals surface area contributed by atoms with E-state index in [4.69, 9.17) is 4.98 Å². The second-order valence-corrected chi connectivity index (χ2v) is 7.77. The lowest BCUT2D eigenvalue weighted by Gasteiger charge is -2.31. The zero-order valence-electron chi connectivity index (χ0n) is 17.9. The number of anilines is 1. The minimum absolute atomic E-state index is 0.0616. The number of likely N-dealkylation sites (N-methyl/N-ethyl adjacent to an activating group) is 1. The standard InChI is InChI=1S/C24H27N5O2/c1-3-28(17-20-10-7-15-29(20)23(31)19-8-5-4-6-9-19)24-26-21(16-22(30)27(24)2)18-11-13-25-14-12-18/h4-6,8-9,11-14,16,20H,3,7,10,15,17H2,1-2H3. The molecule has 1 atom stereocenters. The molecule has 160 valence electrons. The summed E-state index contributed by atoms with van der Waals surface area (Å²) in [5.41, 5.74) is 2.08. The quantitative estimate of drug-likeness (QED) is 0.617. The lowest BCUT2D eigenvalue weighted by Crippen LogP contribution is -2.45. The molecule has 7 heteroatoms. The van der Waals surface area contributed by atoms with Gasteiger partial charge in [-0.15, -0.1) is 0 Å². The van der Waals surface area contributed by atoms with Crippen molar-refractivity contribution >= 4 is 11.9 Å². The van der Waals surface area contributed by atoms with E-state index >= 15 is 0 Å². The van der Waals surface area contributed by atoms with Crippen molar-refractivity contribution in [2.75, 3.05) is 24.5 Å². The molecule has 4 rings (SSSR count). The van der Waals surface area contributed by atoms with Gasteiger partial charge in [-0.1, -0.05) is 18.2 Å². The Bertz CT molecular complexity index is 1100. The fraction of sp³-hybridized carbons (Fsp3) is 0.333. The summed E-state index contributed by atoms with van der Waals surface area (Å²) in [5, 5.41) is 0. The number of carbonyl (C=O) groups is 1. The number of benzene rings is 1. The average Bonchev–Trinajstić information content (AvgIpc) is 3.28. The van der Waals surface area contributed by atoms with Crippen LogP contribution >= 0.6 is 0 Å². The molecule has 1 saturated heterocycles. The van der Waals surface area contributed by atoms with Crippen LogP contribution < -0.4 is 10.5 Å². The maximum Gasteiger partial charge on any atom is 0.255 e. The van der Waals surface area contributed by atoms with Crippen LogP contribution in [-0.2, 0) is 7.05 Å². The third-order valence-corrected chi connectivity index (χ3v) is 5.84. The molecule has 0 aliphatic carbocycles. The third-order valence-electron chi connectivity index (χ3n) is 5.84. The van der Waals surface area contributed by atoms with E-state index in [9.17, 15) is 9.59 Å². The summed E-state index contributed by atoms with van der Waals surface area (Å²) in [5.74, 6) is 0.673. The predicted octanol–water partition coefficient (Wildman–Crippen LogP) is 2.97. The Balaban J connectivity index is 1.61. The maximum atomic E-state index is 13.1. The number of hydrogen-bond acceptors (Lipinski definition) is 5. The summed E-state index contributed by atoms with van der Waals surface area (Å²) in [4.78, 5) is 38.6. The molecule has 1 unspecified atom stereocenters. The molecule has 1 aliphatic heterocycles. The Hall–Kier alpha value is -3.48. The molecule has 31 heavy (non-hydrogen) atoms. The van der Waals surface area contributed by atoms with Gasteiger partial charge in [0.2, 0.25) is 5.95 Å². The predicted molar refractivity (Wildman–Crippen MR) is 121 cm³/mol. The van der Waals surface area contributed by atoms with Gasteiger partial charge < -0.3 is 9.80 Å². The first-order valence-electron chi connectivity index (χ1n) is 10.7. The van der Waals surface area contributed by atoms with Crippen molar-refractivity contribution in [2.45, 2.75) is 25.8 Å². The van der Waals surface area contributed by atoms with Gasteiger partial charge in [-0.05, 0) is 44.0 Å². The Morgan fingerprint density at radius 1 is 1.16 bits per heavy atom. The van der Waals surface area contributed by atoms with Gasteiger partial charge in [-0.25, -0.2) is 4.98 Å². The number of rotatable bonds is 6. The lowest BCUT2D eigenvalue weighted by molar-refractivity contribution is 0.0740. The van der Waals surface area contributed by atoms with E-state index in [2.05, 4.69) is 9.88 Å². The zero-order valence-corrected chi connectivity index (χ0v) is 17.9. The number of nitrogens with zero attached hydrogens (tertiary/aromatic N) is 5. The molecule has 0 spiro atoms. The number of pyridine rings is 1. The van der Waals surface area contributed by atoms with Gasteiger partial charge in [0.05, 0.1) is 5.69 Å². The Morgan fingerprint density at radius 2 is 1.90 bits per heavy atom. The number of carbonyl (C=O) groups excluding carboxylic acids is 1. The number of aromatic nitrogens is 3. The second kappa shape index (κ2) is 9.12. The van der Waals surface area contributed by atoms with E-state index in [0.717, 1.165) is 24.9 Å². The van der Waals surface area contributed by atoms with Gasteiger partial charge in [0.25, 0.3) is 11.5 Å². The average molecular weight is 418 g/mol. The summed E-state index contributed by atoms with van der Waals surface area (Å²) < 4.78 is 1.58. The molecule has 1 aromatic carbocycles. The SMILES string of the molecule is CCN(CC1CCCN1C(=O)c1ccccc1)c1nc(-c2ccncc2)cc(=O)n1C. The fourth-order valence-electron chi connectivity index (χ4n) is 4.13. The molecule has 2 aromatic heterocycles. The molecule has 1 aliphatic rings. The molecule has 1 amide bonds. The van der Waals surface area contributed by atoms with E-state index in [0.29, 0.717) is 30.3 Å². The highest BCUT2D eigenvalue weighted by atomic mass is 16.2. The molecule has 0 N–H and O–H groups in total. The van der Waals surface area contributed by atoms with Gasteiger partial charge in [-0.2, -0.15) is 0 Å². The first-order valence-corrected chi connectivity index (χ1v) is 10.7. The van der Waals surface area contributed by atoms with Crippen molar-refractivity contribution in [1.29, 1.82) is 0 Å². The minimum atomic E-state index is -0.112. The summed E-state index contributed by atoms with van der Waals surface area (Å²) in [6, 6.07) is 14.7. The van der Waals surface area contributed by atoms with Crippen LogP contribution in [0.5, 0.6) is 0 Å². The summed E-state index contributed by atoms with van der Waals surface area (Å²) >= 11 is 0. The van der Waals surface area contributed by atoms with E-state index in [1.54, 1.807) is 30.1 Å². The highest BCUT2D eigenvalue weighted by Gasteiger charge is 2.31. The summed E-state index contributed by atoms with van der Waals surface area (Å²) in [7, 11) is 1.74. The van der Waals surface area contributed by atoms with Gasteiger partial charge in [0.15, 0.2) is 0 Å². The van der Waals surface area contributed by atoms with Crippen LogP contribution in [0.1, 0.15) is 30.1 Å². The molecular weight excluding hydrogens is 390 g/mol. The van der Waals surface area contributed by atoms with Crippen molar-refractivity contribution < 1.29 is 4.79 Å². The Labute approximate surface area is 182 Å². The molecule has 7 nitrogen and oxygen atoms in total. The second-order valence-electron chi connectivity index (χ2n) is 7.77. The van der Waals surface area contributed by atoms with Crippen LogP contribution in [0.15, 0.2) is 65.7 Å².